The van der Waals surface area contributed by atoms with Gasteiger partial charge < -0.3 is 14.7 Å². The quantitative estimate of drug-likeness (QED) is 0.834. The van der Waals surface area contributed by atoms with Gasteiger partial charge in [0.1, 0.15) is 17.6 Å². The summed E-state index contributed by atoms with van der Waals surface area (Å²) >= 11 is 1.35. The third kappa shape index (κ3) is 3.63. The predicted molar refractivity (Wildman–Crippen MR) is 94.2 cm³/mol. The van der Waals surface area contributed by atoms with Crippen LogP contribution in [0.25, 0.3) is 0 Å². The molecule has 3 rings (SSSR count). The molecule has 0 bridgehead atoms. The smallest absolute Gasteiger partial charge is 0.274 e. The molecule has 0 N–H and O–H groups in total. The Kier molecular flexibility index (Phi) is 4.98. The van der Waals surface area contributed by atoms with Gasteiger partial charge >= 0.3 is 0 Å². The van der Waals surface area contributed by atoms with Gasteiger partial charge in [0, 0.05) is 44.8 Å². The zero-order valence-electron chi connectivity index (χ0n) is 14.1. The molecule has 2 heterocycles. The van der Waals surface area contributed by atoms with Crippen LogP contribution in [0.2, 0.25) is 0 Å². The summed E-state index contributed by atoms with van der Waals surface area (Å²) in [5, 5.41) is 1.69. The Bertz CT molecular complexity index is 749. The lowest BCUT2D eigenvalue weighted by atomic mass is 10.1. The topological polar surface area (TPSA) is 56.8 Å². The molecule has 1 atom stereocenters. The molecule has 2 amide bonds. The minimum absolute atomic E-state index is 0.143. The fraction of sp³-hybridized carbons (Fsp3) is 0.353. The number of nitrogens with zero attached hydrogens (tertiary/aromatic N) is 4. The van der Waals surface area contributed by atoms with Crippen molar-refractivity contribution in [2.45, 2.75) is 6.04 Å². The third-order valence-electron chi connectivity index (χ3n) is 4.21. The van der Waals surface area contributed by atoms with E-state index in [1.165, 1.54) is 28.4 Å². The Labute approximate surface area is 149 Å². The highest BCUT2D eigenvalue weighted by Gasteiger charge is 2.37. The van der Waals surface area contributed by atoms with Crippen LogP contribution in [0.1, 0.15) is 10.5 Å². The van der Waals surface area contributed by atoms with E-state index in [1.807, 2.05) is 4.90 Å². The third-order valence-corrected chi connectivity index (χ3v) is 4.80. The van der Waals surface area contributed by atoms with Crippen molar-refractivity contribution in [3.63, 3.8) is 0 Å². The van der Waals surface area contributed by atoms with Gasteiger partial charge in [0.05, 0.1) is 5.51 Å². The van der Waals surface area contributed by atoms with Gasteiger partial charge in [-0.15, -0.1) is 11.3 Å². The molecular weight excluding hydrogens is 343 g/mol. The minimum Gasteiger partial charge on any atom is -0.367 e. The highest BCUT2D eigenvalue weighted by Crippen LogP contribution is 2.22. The molecule has 1 aromatic carbocycles. The number of anilines is 1. The Morgan fingerprint density at radius 1 is 1.24 bits per heavy atom. The number of rotatable bonds is 3. The second kappa shape index (κ2) is 7.18. The molecule has 1 unspecified atom stereocenters. The number of likely N-dealkylation sites (N-methyl/N-ethyl adjacent to an activating group) is 1. The average Bonchev–Trinajstić information content (AvgIpc) is 3.15. The zero-order valence-corrected chi connectivity index (χ0v) is 14.9. The molecule has 1 aliphatic heterocycles. The highest BCUT2D eigenvalue weighted by atomic mass is 32.1. The van der Waals surface area contributed by atoms with Gasteiger partial charge in [-0.2, -0.15) is 0 Å². The van der Waals surface area contributed by atoms with Crippen LogP contribution in [0.5, 0.6) is 0 Å². The van der Waals surface area contributed by atoms with Gasteiger partial charge in [-0.1, -0.05) is 0 Å². The van der Waals surface area contributed by atoms with Gasteiger partial charge in [-0.25, -0.2) is 9.37 Å². The van der Waals surface area contributed by atoms with E-state index in [0.29, 0.717) is 25.3 Å². The fourth-order valence-electron chi connectivity index (χ4n) is 2.89. The van der Waals surface area contributed by atoms with Crippen molar-refractivity contribution in [3.05, 3.63) is 46.7 Å². The number of halogens is 1. The first-order valence-corrected chi connectivity index (χ1v) is 8.82. The van der Waals surface area contributed by atoms with Crippen LogP contribution in [0.3, 0.4) is 0 Å². The fourth-order valence-corrected chi connectivity index (χ4v) is 3.41. The van der Waals surface area contributed by atoms with Crippen molar-refractivity contribution in [2.75, 3.05) is 38.6 Å². The van der Waals surface area contributed by atoms with E-state index >= 15 is 0 Å². The molecular formula is C17H19FN4O2S. The molecule has 1 fully saturated rings. The normalized spacial score (nSPS) is 17.5. The first-order valence-electron chi connectivity index (χ1n) is 7.88. The summed E-state index contributed by atoms with van der Waals surface area (Å²) in [4.78, 5) is 34.5. The van der Waals surface area contributed by atoms with Crippen molar-refractivity contribution in [1.82, 2.24) is 14.8 Å². The minimum atomic E-state index is -0.608. The summed E-state index contributed by atoms with van der Waals surface area (Å²) in [6.07, 6.45) is 0. The number of carbonyl (C=O) groups excluding carboxylic acids is 2. The Balaban J connectivity index is 1.84. The molecule has 1 aliphatic rings. The van der Waals surface area contributed by atoms with E-state index in [0.717, 1.165) is 5.69 Å². The number of piperazine rings is 1. The average molecular weight is 362 g/mol. The van der Waals surface area contributed by atoms with E-state index in [4.69, 9.17) is 0 Å². The molecule has 0 radical (unpaired) electrons. The van der Waals surface area contributed by atoms with E-state index < -0.39 is 6.04 Å². The molecule has 8 heteroatoms. The molecule has 25 heavy (non-hydrogen) atoms. The molecule has 0 spiro atoms. The first kappa shape index (κ1) is 17.3. The van der Waals surface area contributed by atoms with Gasteiger partial charge in [0.15, 0.2) is 0 Å². The maximum absolute atomic E-state index is 13.2. The van der Waals surface area contributed by atoms with Crippen LogP contribution in [0, 0.1) is 5.82 Å². The molecule has 2 aromatic rings. The summed E-state index contributed by atoms with van der Waals surface area (Å²) in [6.45, 7) is 1.33. The number of hydrogen-bond acceptors (Lipinski definition) is 5. The maximum atomic E-state index is 13.2. The van der Waals surface area contributed by atoms with Crippen molar-refractivity contribution in [2.24, 2.45) is 0 Å². The summed E-state index contributed by atoms with van der Waals surface area (Å²) in [7, 11) is 3.34. The van der Waals surface area contributed by atoms with Crippen molar-refractivity contribution in [1.29, 1.82) is 0 Å². The molecule has 0 aliphatic carbocycles. The molecule has 6 nitrogen and oxygen atoms in total. The van der Waals surface area contributed by atoms with E-state index in [1.54, 1.807) is 42.0 Å². The lowest BCUT2D eigenvalue weighted by molar-refractivity contribution is -0.133. The van der Waals surface area contributed by atoms with Crippen LogP contribution in [-0.2, 0) is 4.79 Å². The Morgan fingerprint density at radius 3 is 2.56 bits per heavy atom. The molecule has 0 saturated carbocycles. The molecule has 132 valence electrons. The van der Waals surface area contributed by atoms with Crippen molar-refractivity contribution < 1.29 is 14.0 Å². The SMILES string of the molecule is CN(C)C(=O)C1CN(c2ccc(F)cc2)CCN1C(=O)c1cscn1. The van der Waals surface area contributed by atoms with Gasteiger partial charge in [0.25, 0.3) is 5.91 Å². The van der Waals surface area contributed by atoms with Gasteiger partial charge in [0.2, 0.25) is 5.91 Å². The van der Waals surface area contributed by atoms with Crippen LogP contribution in [0.4, 0.5) is 10.1 Å². The van der Waals surface area contributed by atoms with Crippen molar-refractivity contribution in [3.8, 4) is 0 Å². The van der Waals surface area contributed by atoms with Gasteiger partial charge in [-0.05, 0) is 24.3 Å². The summed E-state index contributed by atoms with van der Waals surface area (Å²) in [6, 6.07) is 5.55. The summed E-state index contributed by atoms with van der Waals surface area (Å²) < 4.78 is 13.2. The Morgan fingerprint density at radius 2 is 1.96 bits per heavy atom. The zero-order chi connectivity index (χ0) is 18.0. The monoisotopic (exact) mass is 362 g/mol. The van der Waals surface area contributed by atoms with E-state index in [2.05, 4.69) is 4.98 Å². The lowest BCUT2D eigenvalue weighted by Gasteiger charge is -2.42. The first-order chi connectivity index (χ1) is 12.0. The molecule has 1 saturated heterocycles. The van der Waals surface area contributed by atoms with Crippen molar-refractivity contribution >= 4 is 28.8 Å². The van der Waals surface area contributed by atoms with E-state index in [9.17, 15) is 14.0 Å². The number of amides is 2. The number of carbonyl (C=O) groups is 2. The second-order valence-electron chi connectivity index (χ2n) is 6.04. The lowest BCUT2D eigenvalue weighted by Crippen LogP contribution is -2.60. The maximum Gasteiger partial charge on any atom is 0.274 e. The highest BCUT2D eigenvalue weighted by molar-refractivity contribution is 7.07. The predicted octanol–water partition coefficient (Wildman–Crippen LogP) is 1.70. The number of aromatic nitrogens is 1. The number of hydrogen-bond donors (Lipinski definition) is 0. The number of benzene rings is 1. The van der Waals surface area contributed by atoms with E-state index in [-0.39, 0.29) is 17.6 Å². The number of thiazole rings is 1. The molecule has 1 aromatic heterocycles. The summed E-state index contributed by atoms with van der Waals surface area (Å²) in [5.74, 6) is -0.683. The Hall–Kier alpha value is -2.48. The van der Waals surface area contributed by atoms with Gasteiger partial charge in [-0.3, -0.25) is 9.59 Å². The standard InChI is InChI=1S/C17H19FN4O2S/c1-20(2)17(24)15-9-21(13-5-3-12(18)4-6-13)7-8-22(15)16(23)14-10-25-11-19-14/h3-6,10-11,15H,7-9H2,1-2H3. The van der Waals surface area contributed by atoms with Crippen LogP contribution < -0.4 is 4.90 Å². The second-order valence-corrected chi connectivity index (χ2v) is 6.76. The summed E-state index contributed by atoms with van der Waals surface area (Å²) in [5.41, 5.74) is 2.79. The largest absolute Gasteiger partial charge is 0.367 e. The van der Waals surface area contributed by atoms with Crippen LogP contribution in [0.15, 0.2) is 35.2 Å². The van der Waals surface area contributed by atoms with Crippen LogP contribution >= 0.6 is 11.3 Å². The van der Waals surface area contributed by atoms with Crippen LogP contribution in [-0.4, -0.2) is 66.4 Å².